The van der Waals surface area contributed by atoms with Crippen LogP contribution >= 0.6 is 0 Å². The van der Waals surface area contributed by atoms with E-state index >= 15 is 0 Å². The summed E-state index contributed by atoms with van der Waals surface area (Å²) in [6.45, 7) is 4.21. The summed E-state index contributed by atoms with van der Waals surface area (Å²) >= 11 is 0. The Kier molecular flexibility index (Phi) is 5.72. The zero-order valence-corrected chi connectivity index (χ0v) is 14.6. The summed E-state index contributed by atoms with van der Waals surface area (Å²) in [7, 11) is 1.99. The molecule has 0 saturated carbocycles. The molecular weight excluding hydrogens is 320 g/mol. The zero-order valence-electron chi connectivity index (χ0n) is 14.6. The van der Waals surface area contributed by atoms with E-state index in [0.717, 1.165) is 31.5 Å². The summed E-state index contributed by atoms with van der Waals surface area (Å²) in [6.07, 6.45) is 5.48. The van der Waals surface area contributed by atoms with Gasteiger partial charge in [-0.25, -0.2) is 0 Å². The maximum atomic E-state index is 12.3. The van der Waals surface area contributed by atoms with Gasteiger partial charge in [0, 0.05) is 24.0 Å². The fourth-order valence-electron chi connectivity index (χ4n) is 2.98. The number of pyridine rings is 1. The molecule has 2 aromatic rings. The lowest BCUT2D eigenvalue weighted by Gasteiger charge is -2.31. The van der Waals surface area contributed by atoms with Gasteiger partial charge in [0.1, 0.15) is 6.04 Å². The molecule has 1 aliphatic rings. The maximum Gasteiger partial charge on any atom is 0.249 e. The highest BCUT2D eigenvalue weighted by Gasteiger charge is 2.22. The highest BCUT2D eigenvalue weighted by molar-refractivity contribution is 5.78. The van der Waals surface area contributed by atoms with E-state index in [4.69, 9.17) is 4.52 Å². The number of rotatable bonds is 6. The Morgan fingerprint density at radius 2 is 2.12 bits per heavy atom. The van der Waals surface area contributed by atoms with Gasteiger partial charge in [0.15, 0.2) is 0 Å². The minimum atomic E-state index is -0.336. The third-order valence-electron chi connectivity index (χ3n) is 4.45. The number of nitrogens with zero attached hydrogens (tertiary/aromatic N) is 4. The first kappa shape index (κ1) is 17.5. The van der Waals surface area contributed by atoms with Gasteiger partial charge in [-0.2, -0.15) is 4.98 Å². The Labute approximate surface area is 147 Å². The van der Waals surface area contributed by atoms with E-state index in [2.05, 4.69) is 30.7 Å². The first-order chi connectivity index (χ1) is 12.1. The van der Waals surface area contributed by atoms with E-state index in [-0.39, 0.29) is 11.9 Å². The van der Waals surface area contributed by atoms with Crippen LogP contribution in [0.25, 0.3) is 11.4 Å². The number of hydrogen-bond donors (Lipinski definition) is 2. The van der Waals surface area contributed by atoms with Crippen molar-refractivity contribution in [2.75, 3.05) is 26.7 Å². The van der Waals surface area contributed by atoms with Gasteiger partial charge in [-0.3, -0.25) is 14.7 Å². The number of nitrogens with one attached hydrogen (secondary N) is 2. The molecule has 0 unspecified atom stereocenters. The van der Waals surface area contributed by atoms with Crippen molar-refractivity contribution in [3.05, 3.63) is 30.4 Å². The molecule has 0 bridgehead atoms. The summed E-state index contributed by atoms with van der Waals surface area (Å²) in [5.74, 6) is 0.840. The minimum Gasteiger partial charge on any atom is -0.343 e. The normalized spacial score (nSPS) is 16.8. The van der Waals surface area contributed by atoms with Crippen LogP contribution in [-0.4, -0.2) is 58.7 Å². The van der Waals surface area contributed by atoms with Gasteiger partial charge in [0.05, 0.1) is 6.54 Å². The fourth-order valence-corrected chi connectivity index (χ4v) is 2.98. The van der Waals surface area contributed by atoms with Crippen molar-refractivity contribution in [2.45, 2.75) is 31.8 Å². The molecule has 134 valence electrons. The average molecular weight is 344 g/mol. The molecule has 1 atom stereocenters. The lowest BCUT2D eigenvalue weighted by molar-refractivity contribution is -0.123. The summed E-state index contributed by atoms with van der Waals surface area (Å²) in [5, 5.41) is 10.2. The molecule has 0 aromatic carbocycles. The van der Waals surface area contributed by atoms with Gasteiger partial charge >= 0.3 is 0 Å². The van der Waals surface area contributed by atoms with Crippen molar-refractivity contribution >= 4 is 5.91 Å². The van der Waals surface area contributed by atoms with E-state index in [9.17, 15) is 4.79 Å². The summed E-state index contributed by atoms with van der Waals surface area (Å²) < 4.78 is 5.28. The first-order valence-electron chi connectivity index (χ1n) is 8.58. The molecule has 8 nitrogen and oxygen atoms in total. The highest BCUT2D eigenvalue weighted by Crippen LogP contribution is 2.17. The van der Waals surface area contributed by atoms with Crippen LogP contribution in [0.3, 0.4) is 0 Å². The second-order valence-electron chi connectivity index (χ2n) is 6.38. The Morgan fingerprint density at radius 3 is 2.84 bits per heavy atom. The Balaban J connectivity index is 1.54. The van der Waals surface area contributed by atoms with Crippen molar-refractivity contribution in [3.8, 4) is 11.4 Å². The molecule has 2 aromatic heterocycles. The number of aromatic nitrogens is 3. The molecule has 2 N–H and O–H groups in total. The number of carbonyl (C=O) groups is 1. The third kappa shape index (κ3) is 4.61. The summed E-state index contributed by atoms with van der Waals surface area (Å²) in [5.41, 5.74) is 0.828. The third-order valence-corrected chi connectivity index (χ3v) is 4.45. The van der Waals surface area contributed by atoms with Crippen molar-refractivity contribution in [3.63, 3.8) is 0 Å². The SMILES string of the molecule is C[C@H](NC(=O)CN(C)C1CCNCC1)c1nc(-c2ccncc2)no1. The number of carbonyl (C=O) groups excluding carboxylic acids is 1. The summed E-state index contributed by atoms with van der Waals surface area (Å²) in [4.78, 5) is 22.7. The van der Waals surface area contributed by atoms with Gasteiger partial charge in [-0.05, 0) is 52.0 Å². The van der Waals surface area contributed by atoms with E-state index in [1.54, 1.807) is 12.4 Å². The fraction of sp³-hybridized carbons (Fsp3) is 0.529. The van der Waals surface area contributed by atoms with E-state index < -0.39 is 0 Å². The Hall–Kier alpha value is -2.32. The van der Waals surface area contributed by atoms with Gasteiger partial charge in [0.25, 0.3) is 0 Å². The molecule has 0 radical (unpaired) electrons. The van der Waals surface area contributed by atoms with Crippen LogP contribution in [0.1, 0.15) is 31.7 Å². The van der Waals surface area contributed by atoms with E-state index in [1.807, 2.05) is 26.1 Å². The van der Waals surface area contributed by atoms with Crippen LogP contribution in [0.2, 0.25) is 0 Å². The summed E-state index contributed by atoms with van der Waals surface area (Å²) in [6, 6.07) is 3.73. The zero-order chi connectivity index (χ0) is 17.6. The van der Waals surface area contributed by atoms with Crippen molar-refractivity contribution in [2.24, 2.45) is 0 Å². The number of likely N-dealkylation sites (N-methyl/N-ethyl adjacent to an activating group) is 1. The molecule has 1 amide bonds. The topological polar surface area (TPSA) is 96.2 Å². The largest absolute Gasteiger partial charge is 0.343 e. The minimum absolute atomic E-state index is 0.0443. The maximum absolute atomic E-state index is 12.3. The Bertz CT molecular complexity index is 683. The van der Waals surface area contributed by atoms with Gasteiger partial charge in [0.2, 0.25) is 17.6 Å². The molecule has 25 heavy (non-hydrogen) atoms. The monoisotopic (exact) mass is 344 g/mol. The molecule has 3 rings (SSSR count). The van der Waals surface area contributed by atoms with Crippen LogP contribution < -0.4 is 10.6 Å². The Morgan fingerprint density at radius 1 is 1.40 bits per heavy atom. The molecule has 8 heteroatoms. The van der Waals surface area contributed by atoms with Gasteiger partial charge < -0.3 is 15.2 Å². The molecule has 3 heterocycles. The van der Waals surface area contributed by atoms with Crippen LogP contribution in [0.5, 0.6) is 0 Å². The van der Waals surface area contributed by atoms with Crippen LogP contribution in [0, 0.1) is 0 Å². The molecule has 0 spiro atoms. The standard InChI is InChI=1S/C17H24N6O2/c1-12(17-21-16(22-25-17)13-3-7-18-8-4-13)20-15(24)11-23(2)14-5-9-19-10-6-14/h3-4,7-8,12,14,19H,5-6,9-11H2,1-2H3,(H,20,24)/t12-/m0/s1. The first-order valence-corrected chi connectivity index (χ1v) is 8.58. The lowest BCUT2D eigenvalue weighted by Crippen LogP contribution is -2.45. The van der Waals surface area contributed by atoms with Crippen LogP contribution in [0.15, 0.2) is 29.0 Å². The van der Waals surface area contributed by atoms with Crippen LogP contribution in [-0.2, 0) is 4.79 Å². The predicted octanol–water partition coefficient (Wildman–Crippen LogP) is 0.993. The van der Waals surface area contributed by atoms with Crippen molar-refractivity contribution in [1.82, 2.24) is 30.7 Å². The second-order valence-corrected chi connectivity index (χ2v) is 6.38. The van der Waals surface area contributed by atoms with Gasteiger partial charge in [-0.1, -0.05) is 5.16 Å². The quantitative estimate of drug-likeness (QED) is 0.807. The van der Waals surface area contributed by atoms with Crippen molar-refractivity contribution < 1.29 is 9.32 Å². The second kappa shape index (κ2) is 8.17. The molecule has 1 aliphatic heterocycles. The van der Waals surface area contributed by atoms with Crippen molar-refractivity contribution in [1.29, 1.82) is 0 Å². The number of hydrogen-bond acceptors (Lipinski definition) is 7. The molecule has 1 fully saturated rings. The number of amides is 1. The molecular formula is C17H24N6O2. The molecule has 0 aliphatic carbocycles. The predicted molar refractivity (Wildman–Crippen MR) is 92.6 cm³/mol. The highest BCUT2D eigenvalue weighted by atomic mass is 16.5. The van der Waals surface area contributed by atoms with E-state index in [1.165, 1.54) is 0 Å². The van der Waals surface area contributed by atoms with Gasteiger partial charge in [-0.15, -0.1) is 0 Å². The van der Waals surface area contributed by atoms with E-state index in [0.29, 0.717) is 24.3 Å². The molecule has 1 saturated heterocycles. The number of piperidine rings is 1. The smallest absolute Gasteiger partial charge is 0.249 e. The lowest BCUT2D eigenvalue weighted by atomic mass is 10.1. The van der Waals surface area contributed by atoms with Crippen LogP contribution in [0.4, 0.5) is 0 Å². The average Bonchev–Trinajstić information content (AvgIpc) is 3.13.